The average molecular weight is 242 g/mol. The maximum Gasteiger partial charge on any atom is 0.414 e. The fourth-order valence-electron chi connectivity index (χ4n) is 0.824. The number of hydrogen-bond donors (Lipinski definition) is 0. The highest BCUT2D eigenvalue weighted by atomic mass is 19.4. The van der Waals surface area contributed by atoms with Crippen molar-refractivity contribution in [2.45, 2.75) is 58.6 Å². The van der Waals surface area contributed by atoms with Crippen LogP contribution in [-0.2, 0) is 14.3 Å². The van der Waals surface area contributed by atoms with Crippen molar-refractivity contribution in [3.8, 4) is 0 Å². The molecule has 6 heteroatoms. The Morgan fingerprint density at radius 3 is 1.88 bits per heavy atom. The van der Waals surface area contributed by atoms with Crippen molar-refractivity contribution in [2.24, 2.45) is 0 Å². The third-order valence-corrected chi connectivity index (χ3v) is 1.61. The van der Waals surface area contributed by atoms with Crippen LogP contribution in [0.5, 0.6) is 0 Å². The van der Waals surface area contributed by atoms with Crippen LogP contribution in [0.1, 0.15) is 34.6 Å². The summed E-state index contributed by atoms with van der Waals surface area (Å²) in [6.45, 7) is 6.97. The zero-order valence-electron chi connectivity index (χ0n) is 10.0. The second kappa shape index (κ2) is 5.03. The first-order valence-electron chi connectivity index (χ1n) is 4.88. The van der Waals surface area contributed by atoms with Gasteiger partial charge in [-0.25, -0.2) is 4.79 Å². The number of ether oxygens (including phenoxy) is 2. The normalized spacial score (nSPS) is 16.8. The summed E-state index contributed by atoms with van der Waals surface area (Å²) < 4.78 is 45.8. The van der Waals surface area contributed by atoms with Crippen molar-refractivity contribution < 1.29 is 27.4 Å². The molecule has 0 aliphatic carbocycles. The van der Waals surface area contributed by atoms with Crippen LogP contribution in [0.4, 0.5) is 13.2 Å². The van der Waals surface area contributed by atoms with Gasteiger partial charge in [-0.15, -0.1) is 0 Å². The van der Waals surface area contributed by atoms with Gasteiger partial charge in [0.1, 0.15) is 5.60 Å². The molecule has 0 aromatic carbocycles. The Hall–Kier alpha value is -0.780. The van der Waals surface area contributed by atoms with Crippen LogP contribution in [0.3, 0.4) is 0 Å². The van der Waals surface area contributed by atoms with E-state index >= 15 is 0 Å². The van der Waals surface area contributed by atoms with Gasteiger partial charge in [-0.1, -0.05) is 0 Å². The smallest absolute Gasteiger partial charge is 0.414 e. The van der Waals surface area contributed by atoms with Crippen molar-refractivity contribution in [3.05, 3.63) is 0 Å². The minimum absolute atomic E-state index is 0.740. The molecular weight excluding hydrogens is 225 g/mol. The lowest BCUT2D eigenvalue weighted by Gasteiger charge is -2.24. The minimum Gasteiger partial charge on any atom is -0.458 e. The Balaban J connectivity index is 4.27. The average Bonchev–Trinajstić information content (AvgIpc) is 1.98. The summed E-state index contributed by atoms with van der Waals surface area (Å²) >= 11 is 0. The zero-order valence-corrected chi connectivity index (χ0v) is 10.0. The highest BCUT2D eigenvalue weighted by Gasteiger charge is 2.39. The lowest BCUT2D eigenvalue weighted by molar-refractivity contribution is -0.230. The Morgan fingerprint density at radius 2 is 1.56 bits per heavy atom. The van der Waals surface area contributed by atoms with Gasteiger partial charge in [0.25, 0.3) is 0 Å². The van der Waals surface area contributed by atoms with E-state index in [0.717, 1.165) is 6.92 Å². The van der Waals surface area contributed by atoms with E-state index in [1.54, 1.807) is 20.8 Å². The topological polar surface area (TPSA) is 35.5 Å². The molecule has 0 rings (SSSR count). The van der Waals surface area contributed by atoms with Gasteiger partial charge in [-0.2, -0.15) is 13.2 Å². The molecule has 0 radical (unpaired) electrons. The molecule has 2 atom stereocenters. The van der Waals surface area contributed by atoms with Gasteiger partial charge in [-0.3, -0.25) is 0 Å². The predicted molar refractivity (Wildman–Crippen MR) is 51.9 cm³/mol. The van der Waals surface area contributed by atoms with Crippen LogP contribution in [-0.4, -0.2) is 30.0 Å². The largest absolute Gasteiger partial charge is 0.458 e. The highest BCUT2D eigenvalue weighted by molar-refractivity contribution is 5.74. The number of esters is 1. The molecule has 0 saturated carbocycles. The third-order valence-electron chi connectivity index (χ3n) is 1.61. The second-order valence-corrected chi connectivity index (χ2v) is 4.50. The minimum atomic E-state index is -4.48. The molecule has 0 aromatic heterocycles. The molecule has 0 aromatic rings. The number of halogens is 3. The number of carbonyl (C=O) groups excluding carboxylic acids is 1. The summed E-state index contributed by atoms with van der Waals surface area (Å²) in [5.74, 6) is -0.802. The summed E-state index contributed by atoms with van der Waals surface area (Å²) in [5, 5.41) is 0. The lowest BCUT2D eigenvalue weighted by atomic mass is 10.2. The van der Waals surface area contributed by atoms with Crippen molar-refractivity contribution in [2.75, 3.05) is 0 Å². The van der Waals surface area contributed by atoms with E-state index in [2.05, 4.69) is 4.74 Å². The van der Waals surface area contributed by atoms with E-state index < -0.39 is 30.0 Å². The van der Waals surface area contributed by atoms with E-state index in [-0.39, 0.29) is 0 Å². The van der Waals surface area contributed by atoms with Crippen LogP contribution in [0.2, 0.25) is 0 Å². The van der Waals surface area contributed by atoms with E-state index in [1.807, 2.05) is 0 Å². The fourth-order valence-corrected chi connectivity index (χ4v) is 0.824. The van der Waals surface area contributed by atoms with Gasteiger partial charge in [-0.05, 0) is 34.6 Å². The van der Waals surface area contributed by atoms with E-state index in [9.17, 15) is 18.0 Å². The molecule has 0 aliphatic heterocycles. The predicted octanol–water partition coefficient (Wildman–Crippen LogP) is 2.68. The quantitative estimate of drug-likeness (QED) is 0.714. The number of hydrogen-bond acceptors (Lipinski definition) is 3. The molecule has 0 spiro atoms. The van der Waals surface area contributed by atoms with E-state index in [4.69, 9.17) is 4.74 Å². The molecule has 0 saturated heterocycles. The number of alkyl halides is 3. The maximum absolute atomic E-state index is 12.1. The van der Waals surface area contributed by atoms with Crippen LogP contribution in [0.25, 0.3) is 0 Å². The molecule has 0 fully saturated rings. The summed E-state index contributed by atoms with van der Waals surface area (Å²) in [4.78, 5) is 11.3. The molecule has 0 heterocycles. The number of carbonyl (C=O) groups is 1. The molecular formula is C10H17F3O3. The zero-order chi connectivity index (χ0) is 13.1. The van der Waals surface area contributed by atoms with Gasteiger partial charge >= 0.3 is 12.1 Å². The first kappa shape index (κ1) is 15.2. The first-order chi connectivity index (χ1) is 6.93. The van der Waals surface area contributed by atoms with Gasteiger partial charge < -0.3 is 9.47 Å². The van der Waals surface area contributed by atoms with Crippen molar-refractivity contribution in [1.29, 1.82) is 0 Å². The van der Waals surface area contributed by atoms with Crippen LogP contribution < -0.4 is 0 Å². The molecule has 0 aliphatic rings. The second-order valence-electron chi connectivity index (χ2n) is 4.50. The van der Waals surface area contributed by atoms with Crippen molar-refractivity contribution >= 4 is 5.97 Å². The van der Waals surface area contributed by atoms with Gasteiger partial charge in [0.15, 0.2) is 12.2 Å². The van der Waals surface area contributed by atoms with Crippen LogP contribution in [0.15, 0.2) is 0 Å². The summed E-state index contributed by atoms with van der Waals surface area (Å²) in [6.07, 6.45) is -7.71. The fraction of sp³-hybridized carbons (Fsp3) is 0.900. The molecule has 0 amide bonds. The van der Waals surface area contributed by atoms with E-state index in [1.165, 1.54) is 6.92 Å². The SMILES string of the molecule is CC(OC(C)C(F)(F)F)C(=O)OC(C)(C)C. The molecule has 2 unspecified atom stereocenters. The molecule has 0 bridgehead atoms. The van der Waals surface area contributed by atoms with Crippen molar-refractivity contribution in [1.82, 2.24) is 0 Å². The molecule has 3 nitrogen and oxygen atoms in total. The lowest BCUT2D eigenvalue weighted by Crippen LogP contribution is -2.38. The third kappa shape index (κ3) is 5.95. The van der Waals surface area contributed by atoms with Crippen molar-refractivity contribution in [3.63, 3.8) is 0 Å². The first-order valence-corrected chi connectivity index (χ1v) is 4.88. The van der Waals surface area contributed by atoms with Crippen LogP contribution >= 0.6 is 0 Å². The molecule has 16 heavy (non-hydrogen) atoms. The Bertz CT molecular complexity index is 243. The summed E-state index contributed by atoms with van der Waals surface area (Å²) in [7, 11) is 0. The summed E-state index contributed by atoms with van der Waals surface area (Å²) in [6, 6.07) is 0. The molecule has 0 N–H and O–H groups in total. The van der Waals surface area contributed by atoms with Crippen LogP contribution in [0, 0.1) is 0 Å². The monoisotopic (exact) mass is 242 g/mol. The Labute approximate surface area is 92.9 Å². The number of rotatable bonds is 3. The molecule has 96 valence electrons. The maximum atomic E-state index is 12.1. The van der Waals surface area contributed by atoms with Gasteiger partial charge in [0.05, 0.1) is 0 Å². The standard InChI is InChI=1S/C10H17F3O3/c1-6(8(14)16-9(3,4)5)15-7(2)10(11,12)13/h6-7H,1-5H3. The van der Waals surface area contributed by atoms with Gasteiger partial charge in [0.2, 0.25) is 0 Å². The van der Waals surface area contributed by atoms with Gasteiger partial charge in [0, 0.05) is 0 Å². The highest BCUT2D eigenvalue weighted by Crippen LogP contribution is 2.23. The summed E-state index contributed by atoms with van der Waals surface area (Å²) in [5.41, 5.74) is -0.740. The van der Waals surface area contributed by atoms with E-state index in [0.29, 0.717) is 0 Å². The Morgan fingerprint density at radius 1 is 1.12 bits per heavy atom. The Kier molecular flexibility index (Phi) is 4.79.